The van der Waals surface area contributed by atoms with Crippen LogP contribution >= 0.6 is 0 Å². The number of rotatable bonds is 1. The number of phenols is 1. The number of halogens is 1. The minimum absolute atomic E-state index is 0.118. The fraction of sp³-hybridized carbons (Fsp3) is 0. The minimum atomic E-state index is -0.571. The van der Waals surface area contributed by atoms with E-state index in [4.69, 9.17) is 10.8 Å². The van der Waals surface area contributed by atoms with Crippen LogP contribution in [0.25, 0.3) is 11.3 Å². The van der Waals surface area contributed by atoms with Crippen LogP contribution in [0.4, 0.5) is 10.3 Å². The van der Waals surface area contributed by atoms with Gasteiger partial charge in [-0.2, -0.15) is 0 Å². The van der Waals surface area contributed by atoms with Gasteiger partial charge in [-0.25, -0.2) is 4.39 Å². The third-order valence-electron chi connectivity index (χ3n) is 1.76. The smallest absolute Gasteiger partial charge is 0.222 e. The largest absolute Gasteiger partial charge is 0.508 e. The SMILES string of the molecule is Nc1cc(-c2ccc(O)cc2F)no1. The van der Waals surface area contributed by atoms with Crippen molar-refractivity contribution >= 4 is 5.88 Å². The number of nitrogens with zero attached hydrogens (tertiary/aromatic N) is 1. The molecule has 72 valence electrons. The number of phenolic OH excluding ortho intramolecular Hbond substituents is 1. The highest BCUT2D eigenvalue weighted by molar-refractivity contribution is 5.62. The molecule has 0 saturated carbocycles. The van der Waals surface area contributed by atoms with Gasteiger partial charge in [-0.1, -0.05) is 5.16 Å². The number of hydrogen-bond donors (Lipinski definition) is 2. The van der Waals surface area contributed by atoms with Crippen molar-refractivity contribution in [1.29, 1.82) is 0 Å². The standard InChI is InChI=1S/C9H7FN2O2/c10-7-3-5(13)1-2-6(7)8-4-9(11)14-12-8/h1-4,13H,11H2. The zero-order valence-corrected chi connectivity index (χ0v) is 7.07. The Balaban J connectivity index is 2.52. The molecular weight excluding hydrogens is 187 g/mol. The van der Waals surface area contributed by atoms with E-state index in [0.29, 0.717) is 5.69 Å². The Morgan fingerprint density at radius 2 is 2.14 bits per heavy atom. The molecule has 0 unspecified atom stereocenters. The predicted octanol–water partition coefficient (Wildman–Crippen LogP) is 1.77. The summed E-state index contributed by atoms with van der Waals surface area (Å²) < 4.78 is 17.9. The number of anilines is 1. The Morgan fingerprint density at radius 3 is 2.71 bits per heavy atom. The second-order valence-corrected chi connectivity index (χ2v) is 2.78. The highest BCUT2D eigenvalue weighted by Crippen LogP contribution is 2.25. The molecule has 1 heterocycles. The van der Waals surface area contributed by atoms with Crippen molar-refractivity contribution in [2.75, 3.05) is 5.73 Å². The highest BCUT2D eigenvalue weighted by atomic mass is 19.1. The Morgan fingerprint density at radius 1 is 1.36 bits per heavy atom. The van der Waals surface area contributed by atoms with Crippen LogP contribution < -0.4 is 5.73 Å². The van der Waals surface area contributed by atoms with Crippen LogP contribution in [0.3, 0.4) is 0 Å². The maximum Gasteiger partial charge on any atom is 0.222 e. The Kier molecular flexibility index (Phi) is 1.85. The molecule has 2 aromatic rings. The van der Waals surface area contributed by atoms with Gasteiger partial charge in [0.1, 0.15) is 17.3 Å². The van der Waals surface area contributed by atoms with E-state index in [2.05, 4.69) is 9.68 Å². The van der Waals surface area contributed by atoms with E-state index in [9.17, 15) is 4.39 Å². The summed E-state index contributed by atoms with van der Waals surface area (Å²) in [6.07, 6.45) is 0. The second kappa shape index (κ2) is 3.02. The molecule has 0 fully saturated rings. The molecule has 0 spiro atoms. The van der Waals surface area contributed by atoms with Gasteiger partial charge in [0.05, 0.1) is 0 Å². The molecule has 3 N–H and O–H groups in total. The fourth-order valence-electron chi connectivity index (χ4n) is 1.13. The van der Waals surface area contributed by atoms with Crippen LogP contribution in [0, 0.1) is 5.82 Å². The fourth-order valence-corrected chi connectivity index (χ4v) is 1.13. The summed E-state index contributed by atoms with van der Waals surface area (Å²) in [4.78, 5) is 0. The first kappa shape index (κ1) is 8.55. The van der Waals surface area contributed by atoms with Crippen molar-refractivity contribution in [3.8, 4) is 17.0 Å². The first-order chi connectivity index (χ1) is 6.66. The number of nitrogens with two attached hydrogens (primary N) is 1. The summed E-state index contributed by atoms with van der Waals surface area (Å²) in [6.45, 7) is 0. The van der Waals surface area contributed by atoms with E-state index in [1.54, 1.807) is 0 Å². The van der Waals surface area contributed by atoms with E-state index >= 15 is 0 Å². The highest BCUT2D eigenvalue weighted by Gasteiger charge is 2.09. The van der Waals surface area contributed by atoms with Gasteiger partial charge < -0.3 is 15.4 Å². The average Bonchev–Trinajstić information content (AvgIpc) is 2.51. The molecule has 0 aliphatic heterocycles. The first-order valence-corrected chi connectivity index (χ1v) is 3.88. The van der Waals surface area contributed by atoms with Crippen molar-refractivity contribution in [3.63, 3.8) is 0 Å². The number of hydrogen-bond acceptors (Lipinski definition) is 4. The van der Waals surface area contributed by atoms with Crippen LogP contribution in [0.2, 0.25) is 0 Å². The van der Waals surface area contributed by atoms with Crippen molar-refractivity contribution in [2.24, 2.45) is 0 Å². The predicted molar refractivity (Wildman–Crippen MR) is 48.0 cm³/mol. The maximum atomic E-state index is 13.3. The second-order valence-electron chi connectivity index (χ2n) is 2.78. The van der Waals surface area contributed by atoms with E-state index in [1.807, 2.05) is 0 Å². The van der Waals surface area contributed by atoms with Crippen LogP contribution in [0.5, 0.6) is 5.75 Å². The molecular formula is C9H7FN2O2. The van der Waals surface area contributed by atoms with Gasteiger partial charge in [-0.3, -0.25) is 0 Å². The topological polar surface area (TPSA) is 72.3 Å². The number of aromatic hydroxyl groups is 1. The minimum Gasteiger partial charge on any atom is -0.508 e. The zero-order valence-electron chi connectivity index (χ0n) is 7.07. The molecule has 0 aliphatic carbocycles. The lowest BCUT2D eigenvalue weighted by Gasteiger charge is -1.98. The van der Waals surface area contributed by atoms with Crippen molar-refractivity contribution in [1.82, 2.24) is 5.16 Å². The molecule has 2 rings (SSSR count). The van der Waals surface area contributed by atoms with Gasteiger partial charge >= 0.3 is 0 Å². The van der Waals surface area contributed by atoms with Crippen LogP contribution in [0.1, 0.15) is 0 Å². The molecule has 0 saturated heterocycles. The summed E-state index contributed by atoms with van der Waals surface area (Å²) in [5.74, 6) is -0.589. The lowest BCUT2D eigenvalue weighted by atomic mass is 10.1. The molecule has 0 aliphatic rings. The Bertz CT molecular complexity index is 468. The van der Waals surface area contributed by atoms with Gasteiger partial charge in [0, 0.05) is 17.7 Å². The van der Waals surface area contributed by atoms with Crippen molar-refractivity contribution in [2.45, 2.75) is 0 Å². The molecule has 0 atom stereocenters. The average molecular weight is 194 g/mol. The van der Waals surface area contributed by atoms with Crippen LogP contribution in [-0.4, -0.2) is 10.3 Å². The molecule has 0 bridgehead atoms. The lowest BCUT2D eigenvalue weighted by molar-refractivity contribution is 0.438. The van der Waals surface area contributed by atoms with Gasteiger partial charge in [0.25, 0.3) is 0 Å². The molecule has 1 aromatic heterocycles. The quantitative estimate of drug-likeness (QED) is 0.725. The van der Waals surface area contributed by atoms with E-state index in [0.717, 1.165) is 6.07 Å². The molecule has 0 radical (unpaired) electrons. The van der Waals surface area contributed by atoms with Crippen molar-refractivity contribution in [3.05, 3.63) is 30.1 Å². The third-order valence-corrected chi connectivity index (χ3v) is 1.76. The molecule has 0 amide bonds. The van der Waals surface area contributed by atoms with Crippen LogP contribution in [-0.2, 0) is 0 Å². The summed E-state index contributed by atoms with van der Waals surface area (Å²) >= 11 is 0. The molecule has 5 heteroatoms. The summed E-state index contributed by atoms with van der Waals surface area (Å²) in [6, 6.07) is 5.18. The summed E-state index contributed by atoms with van der Waals surface area (Å²) in [7, 11) is 0. The zero-order chi connectivity index (χ0) is 10.1. The number of benzene rings is 1. The van der Waals surface area contributed by atoms with E-state index in [-0.39, 0.29) is 17.2 Å². The third kappa shape index (κ3) is 1.39. The monoisotopic (exact) mass is 194 g/mol. The first-order valence-electron chi connectivity index (χ1n) is 3.88. The molecule has 4 nitrogen and oxygen atoms in total. The van der Waals surface area contributed by atoms with Crippen LogP contribution in [0.15, 0.2) is 28.8 Å². The van der Waals surface area contributed by atoms with E-state index < -0.39 is 5.82 Å². The molecule has 14 heavy (non-hydrogen) atoms. The Hall–Kier alpha value is -2.04. The normalized spacial score (nSPS) is 10.4. The number of nitrogen functional groups attached to an aromatic ring is 1. The summed E-state index contributed by atoms with van der Waals surface area (Å²) in [5.41, 5.74) is 5.84. The number of aromatic nitrogens is 1. The lowest BCUT2D eigenvalue weighted by Crippen LogP contribution is -1.83. The van der Waals surface area contributed by atoms with Gasteiger partial charge in [0.2, 0.25) is 5.88 Å². The molecule has 1 aromatic carbocycles. The van der Waals surface area contributed by atoms with E-state index in [1.165, 1.54) is 18.2 Å². The summed E-state index contributed by atoms with van der Waals surface area (Å²) in [5, 5.41) is 12.5. The Labute approximate surface area is 78.8 Å². The van der Waals surface area contributed by atoms with Gasteiger partial charge in [0.15, 0.2) is 0 Å². The maximum absolute atomic E-state index is 13.3. The van der Waals surface area contributed by atoms with Crippen molar-refractivity contribution < 1.29 is 14.0 Å². The van der Waals surface area contributed by atoms with Gasteiger partial charge in [-0.05, 0) is 12.1 Å². The van der Waals surface area contributed by atoms with Gasteiger partial charge in [-0.15, -0.1) is 0 Å².